The summed E-state index contributed by atoms with van der Waals surface area (Å²) in [5.74, 6) is -0.748. The van der Waals surface area contributed by atoms with Crippen molar-refractivity contribution >= 4 is 27.6 Å². The van der Waals surface area contributed by atoms with Crippen LogP contribution < -0.4 is 10.6 Å². The number of halogens is 1. The number of amides is 1. The van der Waals surface area contributed by atoms with E-state index >= 15 is 0 Å². The minimum atomic E-state index is -1.11. The summed E-state index contributed by atoms with van der Waals surface area (Å²) in [6, 6.07) is -0.832. The van der Waals surface area contributed by atoms with Gasteiger partial charge in [-0.05, 0) is 12.5 Å². The number of Topliss-reactive ketones (excluding diaryl/α,β-unsaturated/α-hetero) is 1. The molecular weight excluding hydrogens is 928 g/mol. The number of alkyl halides is 1. The standard InChI is InChI=1S/C43H75BrN2O19/c1-22-30(45-26-17-23(19-50-2)25(18-47)31(53-5)32(26)54-6)35(55-7)39(59-11)42(61-22)64-34-28(21-52-4)63-43(40(60-12)37(34)57-9)65-33-27(20-51-3)62-41(38(58-10)36(33)56-8)46-29(49)14-13-24(48)15-16-44/h17,22,25-28,30-43,45,47H,13-16,18-21H2,1-12H3,(H,46,49)/t22?,25-,26+,27?,28?,30-,31+,32?,33-,34-,35+,36+,37+,38?,39?,40?,41?,42-,43-/m0/s1. The number of aliphatic hydroxyl groups excluding tert-OH is 1. The Labute approximate surface area is 391 Å². The lowest BCUT2D eigenvalue weighted by atomic mass is 9.80. The molecule has 3 fully saturated rings. The van der Waals surface area contributed by atoms with Crippen LogP contribution in [0.1, 0.15) is 26.2 Å². The number of hydrogen-bond donors (Lipinski definition) is 3. The van der Waals surface area contributed by atoms with Crippen molar-refractivity contribution in [2.24, 2.45) is 5.92 Å². The van der Waals surface area contributed by atoms with E-state index in [4.69, 9.17) is 75.8 Å². The summed E-state index contributed by atoms with van der Waals surface area (Å²) in [4.78, 5) is 25.1. The van der Waals surface area contributed by atoms with Crippen molar-refractivity contribution in [3.63, 3.8) is 0 Å². The van der Waals surface area contributed by atoms with Gasteiger partial charge in [0.1, 0.15) is 72.9 Å². The van der Waals surface area contributed by atoms with E-state index in [0.29, 0.717) is 18.4 Å². The van der Waals surface area contributed by atoms with Gasteiger partial charge in [-0.25, -0.2) is 0 Å². The first-order chi connectivity index (χ1) is 31.4. The van der Waals surface area contributed by atoms with Gasteiger partial charge < -0.3 is 91.5 Å². The number of hydrogen-bond acceptors (Lipinski definition) is 20. The molecule has 22 heteroatoms. The van der Waals surface area contributed by atoms with E-state index in [9.17, 15) is 14.7 Å². The second-order valence-corrected chi connectivity index (χ2v) is 17.1. The Balaban J connectivity index is 1.57. The SMILES string of the molecule is COCC1=C[C@@H](N[C@H]2C(C)O[C@@H](O[C@H]3C(COC)O[C@@H](O[C@H]4C(COC)OC(NC(=O)CCC(=O)CCBr)C(OC)[C@@H]4OC)C(OC)[C@@H]3OC)C(OC)[C@@H]2OC)C(OC)[C@H](OC)[C@H]1CO. The van der Waals surface area contributed by atoms with Crippen LogP contribution in [0.5, 0.6) is 0 Å². The summed E-state index contributed by atoms with van der Waals surface area (Å²) < 4.78 is 98.1. The highest BCUT2D eigenvalue weighted by atomic mass is 79.9. The molecule has 3 aliphatic heterocycles. The van der Waals surface area contributed by atoms with Crippen LogP contribution in [0.2, 0.25) is 0 Å². The van der Waals surface area contributed by atoms with E-state index in [0.717, 1.165) is 5.57 Å². The van der Waals surface area contributed by atoms with Crippen LogP contribution in [0.15, 0.2) is 11.6 Å². The molecular formula is C43H75BrN2O19. The van der Waals surface area contributed by atoms with Gasteiger partial charge >= 0.3 is 0 Å². The van der Waals surface area contributed by atoms with Crippen LogP contribution in [0.3, 0.4) is 0 Å². The van der Waals surface area contributed by atoms with Gasteiger partial charge in [0.2, 0.25) is 5.91 Å². The Morgan fingerprint density at radius 2 is 1.14 bits per heavy atom. The summed E-state index contributed by atoms with van der Waals surface area (Å²) >= 11 is 3.26. The Hall–Kier alpha value is -1.36. The Kier molecular flexibility index (Phi) is 24.5. The van der Waals surface area contributed by atoms with Crippen molar-refractivity contribution in [1.29, 1.82) is 0 Å². The highest BCUT2D eigenvalue weighted by Gasteiger charge is 2.56. The molecule has 3 heterocycles. The van der Waals surface area contributed by atoms with Gasteiger partial charge in [-0.3, -0.25) is 9.59 Å². The average molecular weight is 1000 g/mol. The van der Waals surface area contributed by atoms with Gasteiger partial charge in [-0.1, -0.05) is 22.0 Å². The Morgan fingerprint density at radius 1 is 0.615 bits per heavy atom. The van der Waals surface area contributed by atoms with Gasteiger partial charge in [-0.15, -0.1) is 0 Å². The number of ketones is 1. The Morgan fingerprint density at radius 3 is 1.65 bits per heavy atom. The minimum absolute atomic E-state index is 0.0210. The van der Waals surface area contributed by atoms with E-state index < -0.39 is 104 Å². The number of ether oxygens (including phenoxy) is 16. The molecule has 378 valence electrons. The summed E-state index contributed by atoms with van der Waals surface area (Å²) in [6.45, 7) is 2.16. The van der Waals surface area contributed by atoms with Crippen LogP contribution in [-0.2, 0) is 85.4 Å². The van der Waals surface area contributed by atoms with Crippen molar-refractivity contribution in [2.75, 3.05) is 110 Å². The van der Waals surface area contributed by atoms with Crippen LogP contribution >= 0.6 is 15.9 Å². The number of carbonyl (C=O) groups is 2. The zero-order valence-electron chi connectivity index (χ0n) is 39.9. The molecule has 1 aliphatic carbocycles. The lowest BCUT2D eigenvalue weighted by Gasteiger charge is -2.51. The number of methoxy groups -OCH3 is 11. The summed E-state index contributed by atoms with van der Waals surface area (Å²) in [5, 5.41) is 17.4. The zero-order valence-corrected chi connectivity index (χ0v) is 41.5. The van der Waals surface area contributed by atoms with Crippen LogP contribution in [-0.4, -0.2) is 237 Å². The highest BCUT2D eigenvalue weighted by Crippen LogP contribution is 2.37. The first kappa shape index (κ1) is 56.2. The molecule has 0 spiro atoms. The normalized spacial score (nSPS) is 38.9. The van der Waals surface area contributed by atoms with E-state index in [1.54, 1.807) is 35.5 Å². The molecule has 1 amide bonds. The molecule has 3 N–H and O–H groups in total. The third-order valence-electron chi connectivity index (χ3n) is 12.6. The molecule has 0 radical (unpaired) electrons. The maximum Gasteiger partial charge on any atom is 0.222 e. The van der Waals surface area contributed by atoms with E-state index in [2.05, 4.69) is 26.6 Å². The van der Waals surface area contributed by atoms with Gasteiger partial charge in [-0.2, -0.15) is 0 Å². The number of rotatable bonds is 27. The summed E-state index contributed by atoms with van der Waals surface area (Å²) in [7, 11) is 17.0. The fraction of sp³-hybridized carbons (Fsp3) is 0.907. The fourth-order valence-electron chi connectivity index (χ4n) is 9.46. The summed E-state index contributed by atoms with van der Waals surface area (Å²) in [6.07, 6.45) is -10.2. The van der Waals surface area contributed by atoms with Crippen LogP contribution in [0.4, 0.5) is 0 Å². The van der Waals surface area contributed by atoms with Gasteiger partial charge in [0.05, 0.1) is 50.7 Å². The maximum absolute atomic E-state index is 13.0. The molecule has 19 atom stereocenters. The van der Waals surface area contributed by atoms with Crippen molar-refractivity contribution in [2.45, 2.75) is 136 Å². The van der Waals surface area contributed by atoms with Gasteiger partial charge in [0, 0.05) is 109 Å². The van der Waals surface area contributed by atoms with Gasteiger partial charge in [0.15, 0.2) is 18.8 Å². The number of nitrogens with one attached hydrogen (secondary N) is 2. The maximum atomic E-state index is 13.0. The Bertz CT molecular complexity index is 1440. The predicted octanol–water partition coefficient (Wildman–Crippen LogP) is 0.136. The fourth-order valence-corrected chi connectivity index (χ4v) is 9.90. The largest absolute Gasteiger partial charge is 0.396 e. The lowest BCUT2D eigenvalue weighted by molar-refractivity contribution is -0.375. The van der Waals surface area contributed by atoms with E-state index in [1.807, 2.05) is 13.0 Å². The van der Waals surface area contributed by atoms with Gasteiger partial charge in [0.25, 0.3) is 0 Å². The molecule has 8 unspecified atom stereocenters. The lowest BCUT2D eigenvalue weighted by Crippen LogP contribution is -2.69. The van der Waals surface area contributed by atoms with E-state index in [1.165, 1.54) is 42.7 Å². The molecule has 4 rings (SSSR count). The molecule has 65 heavy (non-hydrogen) atoms. The van der Waals surface area contributed by atoms with Crippen LogP contribution in [0.25, 0.3) is 0 Å². The van der Waals surface area contributed by atoms with Crippen molar-refractivity contribution in [1.82, 2.24) is 10.6 Å². The topological polar surface area (TPSA) is 226 Å². The smallest absolute Gasteiger partial charge is 0.222 e. The molecule has 4 aliphatic rings. The molecule has 0 aromatic carbocycles. The van der Waals surface area contributed by atoms with Crippen molar-refractivity contribution in [3.05, 3.63) is 11.6 Å². The number of aliphatic hydroxyl groups is 1. The third kappa shape index (κ3) is 13.7. The quantitative estimate of drug-likeness (QED) is 0.0735. The molecule has 0 saturated carbocycles. The molecule has 0 bridgehead atoms. The first-order valence-corrected chi connectivity index (χ1v) is 23.0. The second-order valence-electron chi connectivity index (χ2n) is 16.3. The van der Waals surface area contributed by atoms with Crippen molar-refractivity contribution < 1.29 is 90.5 Å². The zero-order chi connectivity index (χ0) is 47.8. The average Bonchev–Trinajstić information content (AvgIpc) is 3.29. The molecule has 21 nitrogen and oxygen atoms in total. The van der Waals surface area contributed by atoms with E-state index in [-0.39, 0.29) is 56.3 Å². The predicted molar refractivity (Wildman–Crippen MR) is 234 cm³/mol. The summed E-state index contributed by atoms with van der Waals surface area (Å²) in [5.41, 5.74) is 0.874. The monoisotopic (exact) mass is 1000 g/mol. The highest BCUT2D eigenvalue weighted by molar-refractivity contribution is 9.09. The van der Waals surface area contributed by atoms with Crippen molar-refractivity contribution in [3.8, 4) is 0 Å². The number of carbonyl (C=O) groups excluding carboxylic acids is 2. The molecule has 0 aromatic heterocycles. The minimum Gasteiger partial charge on any atom is -0.396 e. The third-order valence-corrected chi connectivity index (χ3v) is 13.0. The molecule has 3 saturated heterocycles. The van der Waals surface area contributed by atoms with Crippen LogP contribution in [0, 0.1) is 5.92 Å². The first-order valence-electron chi connectivity index (χ1n) is 21.8. The second kappa shape index (κ2) is 28.3. The molecule has 0 aromatic rings.